The summed E-state index contributed by atoms with van der Waals surface area (Å²) in [5.41, 5.74) is 1.83. The van der Waals surface area contributed by atoms with Gasteiger partial charge in [0.15, 0.2) is 0 Å². The maximum atomic E-state index is 9.66. The third-order valence-corrected chi connectivity index (χ3v) is 3.37. The van der Waals surface area contributed by atoms with Gasteiger partial charge in [-0.25, -0.2) is 0 Å². The van der Waals surface area contributed by atoms with Crippen molar-refractivity contribution in [1.82, 2.24) is 0 Å². The predicted octanol–water partition coefficient (Wildman–Crippen LogP) is 4.54. The van der Waals surface area contributed by atoms with Crippen LogP contribution in [0.4, 0.5) is 0 Å². The number of benzene rings is 2. The zero-order valence-electron chi connectivity index (χ0n) is 9.48. The van der Waals surface area contributed by atoms with Crippen molar-refractivity contribution in [2.75, 3.05) is 0 Å². The van der Waals surface area contributed by atoms with Gasteiger partial charge in [0.25, 0.3) is 0 Å². The fourth-order valence-electron chi connectivity index (χ4n) is 1.51. The molecule has 0 aromatic heterocycles. The van der Waals surface area contributed by atoms with Crippen molar-refractivity contribution in [1.29, 1.82) is 0 Å². The molecule has 0 heterocycles. The van der Waals surface area contributed by atoms with Crippen LogP contribution in [-0.4, -0.2) is 11.3 Å². The lowest BCUT2D eigenvalue weighted by molar-refractivity contribution is 0.474. The molecule has 0 saturated carbocycles. The highest BCUT2D eigenvalue weighted by atomic mass is 79.9. The van der Waals surface area contributed by atoms with E-state index in [2.05, 4.69) is 36.9 Å². The van der Waals surface area contributed by atoms with Crippen molar-refractivity contribution in [3.63, 3.8) is 0 Å². The lowest BCUT2D eigenvalue weighted by Gasteiger charge is -2.00. The SMILES string of the molecule is Oc1ccc(Br)cc1C=NCc1cccc(Br)c1. The van der Waals surface area contributed by atoms with Crippen molar-refractivity contribution in [3.8, 4) is 5.75 Å². The van der Waals surface area contributed by atoms with Gasteiger partial charge in [-0.1, -0.05) is 44.0 Å². The minimum atomic E-state index is 0.233. The van der Waals surface area contributed by atoms with Gasteiger partial charge in [-0.2, -0.15) is 0 Å². The van der Waals surface area contributed by atoms with Crippen molar-refractivity contribution in [2.24, 2.45) is 4.99 Å². The molecule has 1 N–H and O–H groups in total. The topological polar surface area (TPSA) is 32.6 Å². The molecular weight excluding hydrogens is 358 g/mol. The molecule has 0 saturated heterocycles. The number of halogens is 2. The quantitative estimate of drug-likeness (QED) is 0.792. The van der Waals surface area contributed by atoms with E-state index in [0.29, 0.717) is 12.1 Å². The lowest BCUT2D eigenvalue weighted by Crippen LogP contribution is -1.86. The second-order valence-corrected chi connectivity index (χ2v) is 5.63. The molecule has 0 unspecified atom stereocenters. The third kappa shape index (κ3) is 3.68. The summed E-state index contributed by atoms with van der Waals surface area (Å²) >= 11 is 6.79. The number of hydrogen-bond donors (Lipinski definition) is 1. The first-order valence-electron chi connectivity index (χ1n) is 5.38. The first-order chi connectivity index (χ1) is 8.65. The molecule has 92 valence electrons. The van der Waals surface area contributed by atoms with Crippen LogP contribution < -0.4 is 0 Å². The summed E-state index contributed by atoms with van der Waals surface area (Å²) in [6.45, 7) is 0.589. The summed E-state index contributed by atoms with van der Waals surface area (Å²) in [6.07, 6.45) is 1.68. The van der Waals surface area contributed by atoms with E-state index < -0.39 is 0 Å². The van der Waals surface area contributed by atoms with Gasteiger partial charge in [0, 0.05) is 20.7 Å². The Bertz CT molecular complexity index is 582. The van der Waals surface area contributed by atoms with Crippen LogP contribution in [0.1, 0.15) is 11.1 Å². The average molecular weight is 369 g/mol. The summed E-state index contributed by atoms with van der Waals surface area (Å²) < 4.78 is 1.96. The maximum Gasteiger partial charge on any atom is 0.124 e. The summed E-state index contributed by atoms with van der Waals surface area (Å²) in [5.74, 6) is 0.233. The second-order valence-electron chi connectivity index (χ2n) is 3.80. The molecule has 18 heavy (non-hydrogen) atoms. The summed E-state index contributed by atoms with van der Waals surface area (Å²) in [5, 5.41) is 9.66. The van der Waals surface area contributed by atoms with Crippen LogP contribution in [0.3, 0.4) is 0 Å². The van der Waals surface area contributed by atoms with Crippen molar-refractivity contribution < 1.29 is 5.11 Å². The zero-order chi connectivity index (χ0) is 13.0. The maximum absolute atomic E-state index is 9.66. The molecule has 4 heteroatoms. The number of phenolic OH excluding ortho intramolecular Hbond substituents is 1. The number of aliphatic imine (C=N–C) groups is 1. The molecule has 0 aliphatic heterocycles. The normalized spacial score (nSPS) is 11.0. The van der Waals surface area contributed by atoms with E-state index in [9.17, 15) is 5.11 Å². The molecular formula is C14H11Br2NO. The van der Waals surface area contributed by atoms with Gasteiger partial charge < -0.3 is 5.11 Å². The molecule has 2 nitrogen and oxygen atoms in total. The van der Waals surface area contributed by atoms with E-state index >= 15 is 0 Å². The Labute approximate surface area is 123 Å². The van der Waals surface area contributed by atoms with Gasteiger partial charge in [0.1, 0.15) is 5.75 Å². The number of hydrogen-bond acceptors (Lipinski definition) is 2. The summed E-state index contributed by atoms with van der Waals surface area (Å²) in [6, 6.07) is 13.3. The number of rotatable bonds is 3. The van der Waals surface area contributed by atoms with Gasteiger partial charge in [0.2, 0.25) is 0 Å². The highest BCUT2D eigenvalue weighted by Crippen LogP contribution is 2.20. The minimum Gasteiger partial charge on any atom is -0.507 e. The van der Waals surface area contributed by atoms with Crippen LogP contribution in [0.15, 0.2) is 56.4 Å². The fraction of sp³-hybridized carbons (Fsp3) is 0.0714. The van der Waals surface area contributed by atoms with Gasteiger partial charge in [0.05, 0.1) is 6.54 Å². The van der Waals surface area contributed by atoms with Gasteiger partial charge in [-0.15, -0.1) is 0 Å². The molecule has 0 spiro atoms. The monoisotopic (exact) mass is 367 g/mol. The summed E-state index contributed by atoms with van der Waals surface area (Å²) in [4.78, 5) is 4.33. The predicted molar refractivity (Wildman–Crippen MR) is 81.2 cm³/mol. The fourth-order valence-corrected chi connectivity index (χ4v) is 2.34. The Balaban J connectivity index is 2.10. The molecule has 0 aliphatic carbocycles. The van der Waals surface area contributed by atoms with E-state index in [4.69, 9.17) is 0 Å². The van der Waals surface area contributed by atoms with Gasteiger partial charge >= 0.3 is 0 Å². The molecule has 0 fully saturated rings. The van der Waals surface area contributed by atoms with E-state index in [-0.39, 0.29) is 5.75 Å². The van der Waals surface area contributed by atoms with Crippen molar-refractivity contribution in [3.05, 3.63) is 62.5 Å². The third-order valence-electron chi connectivity index (χ3n) is 2.38. The lowest BCUT2D eigenvalue weighted by atomic mass is 10.2. The Kier molecular flexibility index (Phi) is 4.55. The molecule has 2 aromatic carbocycles. The largest absolute Gasteiger partial charge is 0.507 e. The number of phenols is 1. The van der Waals surface area contributed by atoms with Crippen molar-refractivity contribution in [2.45, 2.75) is 6.54 Å². The highest BCUT2D eigenvalue weighted by molar-refractivity contribution is 9.10. The molecule has 0 bridgehead atoms. The molecule has 2 rings (SSSR count). The highest BCUT2D eigenvalue weighted by Gasteiger charge is 1.98. The first-order valence-corrected chi connectivity index (χ1v) is 6.96. The van der Waals surface area contributed by atoms with E-state index in [1.807, 2.05) is 30.3 Å². The average Bonchev–Trinajstić information content (AvgIpc) is 2.34. The Morgan fingerprint density at radius 2 is 1.83 bits per heavy atom. The van der Waals surface area contributed by atoms with Crippen LogP contribution in [0.2, 0.25) is 0 Å². The molecule has 0 amide bonds. The number of aromatic hydroxyl groups is 1. The smallest absolute Gasteiger partial charge is 0.124 e. The zero-order valence-corrected chi connectivity index (χ0v) is 12.6. The number of nitrogens with zero attached hydrogens (tertiary/aromatic N) is 1. The van der Waals surface area contributed by atoms with Crippen LogP contribution in [-0.2, 0) is 6.54 Å². The van der Waals surface area contributed by atoms with Gasteiger partial charge in [-0.05, 0) is 35.9 Å². The molecule has 0 radical (unpaired) electrons. The molecule has 0 aliphatic rings. The molecule has 0 atom stereocenters. The van der Waals surface area contributed by atoms with Crippen molar-refractivity contribution >= 4 is 38.1 Å². The minimum absolute atomic E-state index is 0.233. The first kappa shape index (κ1) is 13.3. The second kappa shape index (κ2) is 6.16. The van der Waals surface area contributed by atoms with Crippen LogP contribution in [0, 0.1) is 0 Å². The van der Waals surface area contributed by atoms with Crippen LogP contribution in [0.25, 0.3) is 0 Å². The Morgan fingerprint density at radius 3 is 2.61 bits per heavy atom. The Morgan fingerprint density at radius 1 is 1.06 bits per heavy atom. The van der Waals surface area contributed by atoms with E-state index in [1.165, 1.54) is 0 Å². The van der Waals surface area contributed by atoms with E-state index in [0.717, 1.165) is 14.5 Å². The van der Waals surface area contributed by atoms with Crippen LogP contribution in [0.5, 0.6) is 5.75 Å². The van der Waals surface area contributed by atoms with Crippen LogP contribution >= 0.6 is 31.9 Å². The Hall–Kier alpha value is -1.13. The summed E-state index contributed by atoms with van der Waals surface area (Å²) in [7, 11) is 0. The molecule has 2 aromatic rings. The standard InChI is InChI=1S/C14H11Br2NO/c15-12-3-1-2-10(6-12)8-17-9-11-7-13(16)4-5-14(11)18/h1-7,9,18H,8H2. The van der Waals surface area contributed by atoms with Gasteiger partial charge in [-0.3, -0.25) is 4.99 Å². The van der Waals surface area contributed by atoms with E-state index in [1.54, 1.807) is 18.3 Å².